The summed E-state index contributed by atoms with van der Waals surface area (Å²) in [6.07, 6.45) is 0. The minimum atomic E-state index is -5.56. The fraction of sp³-hybridized carbons (Fsp3) is 0.176. The van der Waals surface area contributed by atoms with Gasteiger partial charge < -0.3 is 4.84 Å². The molecule has 0 fully saturated rings. The van der Waals surface area contributed by atoms with Crippen molar-refractivity contribution in [3.05, 3.63) is 65.2 Å². The van der Waals surface area contributed by atoms with Crippen LogP contribution in [0.25, 0.3) is 0 Å². The molecule has 2 rings (SSSR count). The third-order valence-electron chi connectivity index (χ3n) is 3.43. The lowest BCUT2D eigenvalue weighted by molar-refractivity contribution is -0.0429. The topological polar surface area (TPSA) is 91.5 Å². The number of sulfonamides is 1. The highest BCUT2D eigenvalue weighted by Gasteiger charge is 2.46. The Hall–Kier alpha value is -3.06. The van der Waals surface area contributed by atoms with Crippen molar-refractivity contribution in [3.8, 4) is 6.07 Å². The van der Waals surface area contributed by atoms with Crippen LogP contribution in [0.1, 0.15) is 23.6 Å². The molecule has 1 N–H and O–H groups in total. The van der Waals surface area contributed by atoms with Crippen LogP contribution in [0, 0.1) is 11.3 Å². The van der Waals surface area contributed by atoms with Crippen LogP contribution in [-0.2, 0) is 21.5 Å². The van der Waals surface area contributed by atoms with Crippen LogP contribution >= 0.6 is 0 Å². The molecule has 6 nitrogen and oxygen atoms in total. The number of nitrogens with one attached hydrogen (secondary N) is 1. The smallest absolute Gasteiger partial charge is 0.391 e. The van der Waals surface area contributed by atoms with E-state index in [4.69, 9.17) is 10.1 Å². The Morgan fingerprint density at radius 2 is 1.81 bits per heavy atom. The van der Waals surface area contributed by atoms with Gasteiger partial charge >= 0.3 is 15.5 Å². The summed E-state index contributed by atoms with van der Waals surface area (Å²) in [4.78, 5) is 5.17. The van der Waals surface area contributed by atoms with Crippen LogP contribution in [0.2, 0.25) is 0 Å². The van der Waals surface area contributed by atoms with Gasteiger partial charge in [0.05, 0.1) is 23.0 Å². The van der Waals surface area contributed by atoms with Crippen molar-refractivity contribution < 1.29 is 26.4 Å². The van der Waals surface area contributed by atoms with Crippen molar-refractivity contribution in [2.75, 3.05) is 4.72 Å². The Kier molecular flexibility index (Phi) is 6.07. The van der Waals surface area contributed by atoms with E-state index in [1.54, 1.807) is 24.3 Å². The molecule has 0 aliphatic rings. The van der Waals surface area contributed by atoms with E-state index in [2.05, 4.69) is 5.16 Å². The fourth-order valence-electron chi connectivity index (χ4n) is 2.09. The van der Waals surface area contributed by atoms with Crippen LogP contribution in [0.3, 0.4) is 0 Å². The first-order chi connectivity index (χ1) is 12.7. The monoisotopic (exact) mass is 397 g/mol. The Labute approximate surface area is 153 Å². The lowest BCUT2D eigenvalue weighted by Crippen LogP contribution is -2.30. The lowest BCUT2D eigenvalue weighted by atomic mass is 10.1. The molecule has 0 radical (unpaired) electrons. The maximum absolute atomic E-state index is 12.6. The van der Waals surface area contributed by atoms with E-state index in [0.29, 0.717) is 11.1 Å². The van der Waals surface area contributed by atoms with E-state index < -0.39 is 15.5 Å². The Morgan fingerprint density at radius 3 is 2.48 bits per heavy atom. The maximum Gasteiger partial charge on any atom is 0.516 e. The highest BCUT2D eigenvalue weighted by atomic mass is 32.2. The predicted octanol–water partition coefficient (Wildman–Crippen LogP) is 3.76. The molecule has 10 heteroatoms. The van der Waals surface area contributed by atoms with Gasteiger partial charge in [-0.05, 0) is 19.1 Å². The summed E-state index contributed by atoms with van der Waals surface area (Å²) >= 11 is 0. The second-order valence-corrected chi connectivity index (χ2v) is 6.99. The number of anilines is 1. The number of nitrogens with zero attached hydrogens (tertiary/aromatic N) is 2. The van der Waals surface area contributed by atoms with Gasteiger partial charge in [0, 0.05) is 11.1 Å². The van der Waals surface area contributed by atoms with Gasteiger partial charge in [0.1, 0.15) is 6.61 Å². The summed E-state index contributed by atoms with van der Waals surface area (Å²) in [5.74, 6) is 0. The summed E-state index contributed by atoms with van der Waals surface area (Å²) in [7, 11) is -5.56. The number of hydrogen-bond acceptors (Lipinski definition) is 5. The predicted molar refractivity (Wildman–Crippen MR) is 93.2 cm³/mol. The molecule has 0 aromatic heterocycles. The SMILES string of the molecule is CC(=NOCc1ccccc1C#N)c1ccccc1NS(=O)(=O)C(F)(F)F. The molecule has 142 valence electrons. The van der Waals surface area contributed by atoms with E-state index >= 15 is 0 Å². The van der Waals surface area contributed by atoms with E-state index in [1.807, 2.05) is 6.07 Å². The number of halogens is 3. The molecule has 0 heterocycles. The van der Waals surface area contributed by atoms with Gasteiger partial charge in [-0.2, -0.15) is 26.9 Å². The largest absolute Gasteiger partial charge is 0.516 e. The summed E-state index contributed by atoms with van der Waals surface area (Å²) in [6.45, 7) is 1.43. The molecule has 0 aliphatic carbocycles. The number of para-hydroxylation sites is 1. The van der Waals surface area contributed by atoms with Gasteiger partial charge in [-0.3, -0.25) is 4.72 Å². The molecule has 0 saturated carbocycles. The second kappa shape index (κ2) is 8.09. The molecule has 0 atom stereocenters. The van der Waals surface area contributed by atoms with Gasteiger partial charge in [-0.25, -0.2) is 0 Å². The highest BCUT2D eigenvalue weighted by molar-refractivity contribution is 7.93. The molecule has 0 amide bonds. The van der Waals surface area contributed by atoms with Crippen molar-refractivity contribution in [2.24, 2.45) is 5.16 Å². The van der Waals surface area contributed by atoms with Gasteiger partial charge in [-0.15, -0.1) is 0 Å². The van der Waals surface area contributed by atoms with Crippen molar-refractivity contribution in [1.82, 2.24) is 0 Å². The average molecular weight is 397 g/mol. The molecule has 0 aliphatic heterocycles. The molecular formula is C17H14F3N3O3S. The number of oxime groups is 1. The molecule has 0 spiro atoms. The standard InChI is InChI=1S/C17H14F3N3O3S/c1-12(22-26-11-14-7-3-2-6-13(14)10-21)15-8-4-5-9-16(15)23-27(24,25)17(18,19)20/h2-9,23H,11H2,1H3. The molecule has 0 unspecified atom stereocenters. The third kappa shape index (κ3) is 4.98. The van der Waals surface area contributed by atoms with Crippen molar-refractivity contribution in [3.63, 3.8) is 0 Å². The van der Waals surface area contributed by atoms with Crippen LogP contribution < -0.4 is 4.72 Å². The molecule has 27 heavy (non-hydrogen) atoms. The Balaban J connectivity index is 2.21. The fourth-order valence-corrected chi connectivity index (χ4v) is 2.68. The number of rotatable bonds is 6. The van der Waals surface area contributed by atoms with Crippen molar-refractivity contribution in [2.45, 2.75) is 19.0 Å². The minimum absolute atomic E-state index is 0.0302. The van der Waals surface area contributed by atoms with E-state index in [0.717, 1.165) is 0 Å². The molecule has 0 bridgehead atoms. The number of alkyl halides is 3. The summed E-state index contributed by atoms with van der Waals surface area (Å²) < 4.78 is 61.9. The first kappa shape index (κ1) is 20.3. The van der Waals surface area contributed by atoms with Crippen LogP contribution in [0.15, 0.2) is 53.7 Å². The summed E-state index contributed by atoms with van der Waals surface area (Å²) in [5, 5.41) is 12.8. The quantitative estimate of drug-likeness (QED) is 0.593. The third-order valence-corrected chi connectivity index (χ3v) is 4.52. The van der Waals surface area contributed by atoms with E-state index in [1.165, 1.54) is 35.9 Å². The number of hydrogen-bond donors (Lipinski definition) is 1. The zero-order valence-electron chi connectivity index (χ0n) is 14.0. The van der Waals surface area contributed by atoms with Crippen molar-refractivity contribution in [1.29, 1.82) is 5.26 Å². The van der Waals surface area contributed by atoms with Crippen LogP contribution in [0.4, 0.5) is 18.9 Å². The van der Waals surface area contributed by atoms with Crippen LogP contribution in [-0.4, -0.2) is 19.6 Å². The maximum atomic E-state index is 12.6. The van der Waals surface area contributed by atoms with Crippen molar-refractivity contribution >= 4 is 21.4 Å². The molecule has 0 saturated heterocycles. The molecular weight excluding hydrogens is 383 g/mol. The van der Waals surface area contributed by atoms with E-state index in [9.17, 15) is 21.6 Å². The second-order valence-electron chi connectivity index (χ2n) is 5.32. The Bertz CT molecular complexity index is 996. The van der Waals surface area contributed by atoms with Gasteiger partial charge in [0.15, 0.2) is 0 Å². The normalized spacial score (nSPS) is 12.3. The van der Waals surface area contributed by atoms with Gasteiger partial charge in [0.25, 0.3) is 0 Å². The average Bonchev–Trinajstić information content (AvgIpc) is 2.61. The first-order valence-electron chi connectivity index (χ1n) is 7.49. The van der Waals surface area contributed by atoms with Gasteiger partial charge in [0.2, 0.25) is 0 Å². The highest BCUT2D eigenvalue weighted by Crippen LogP contribution is 2.27. The summed E-state index contributed by atoms with van der Waals surface area (Å²) in [6, 6.07) is 14.2. The zero-order valence-corrected chi connectivity index (χ0v) is 14.8. The zero-order chi connectivity index (χ0) is 20.1. The molecule has 2 aromatic carbocycles. The number of nitriles is 1. The van der Waals surface area contributed by atoms with Gasteiger partial charge in [-0.1, -0.05) is 41.6 Å². The number of benzene rings is 2. The Morgan fingerprint density at radius 1 is 1.19 bits per heavy atom. The molecule has 2 aromatic rings. The summed E-state index contributed by atoms with van der Waals surface area (Å²) in [5.41, 5.74) is -4.45. The van der Waals surface area contributed by atoms with Crippen LogP contribution in [0.5, 0.6) is 0 Å². The van der Waals surface area contributed by atoms with E-state index in [-0.39, 0.29) is 23.6 Å². The lowest BCUT2D eigenvalue weighted by Gasteiger charge is -2.13. The first-order valence-corrected chi connectivity index (χ1v) is 8.97. The minimum Gasteiger partial charge on any atom is -0.391 e.